The average Bonchev–Trinajstić information content (AvgIpc) is 3.34. The minimum atomic E-state index is -4.91. The summed E-state index contributed by atoms with van der Waals surface area (Å²) in [6.45, 7) is -0.608. The van der Waals surface area contributed by atoms with E-state index in [1.54, 1.807) is 6.07 Å². The van der Waals surface area contributed by atoms with Crippen LogP contribution in [0, 0.1) is 17.1 Å². The van der Waals surface area contributed by atoms with Crippen molar-refractivity contribution in [1.82, 2.24) is 4.98 Å². The molecule has 1 aromatic heterocycles. The number of ketones is 1. The molecule has 2 amide bonds. The number of hydrogen-bond acceptors (Lipinski definition) is 9. The number of alkyl halides is 3. The highest BCUT2D eigenvalue weighted by molar-refractivity contribution is 8.00. The summed E-state index contributed by atoms with van der Waals surface area (Å²) in [5.74, 6) is -2.91. The highest BCUT2D eigenvalue weighted by Gasteiger charge is 2.42. The summed E-state index contributed by atoms with van der Waals surface area (Å²) in [4.78, 5) is 56.1. The van der Waals surface area contributed by atoms with Crippen molar-refractivity contribution in [2.75, 3.05) is 18.6 Å². The third-order valence-electron chi connectivity index (χ3n) is 7.01. The molecule has 0 radical (unpaired) electrons. The molecule has 47 heavy (non-hydrogen) atoms. The van der Waals surface area contributed by atoms with E-state index in [0.717, 1.165) is 23.1 Å². The van der Waals surface area contributed by atoms with Crippen molar-refractivity contribution in [3.05, 3.63) is 107 Å². The van der Waals surface area contributed by atoms with E-state index in [4.69, 9.17) is 9.47 Å². The van der Waals surface area contributed by atoms with Gasteiger partial charge in [0, 0.05) is 17.5 Å². The Morgan fingerprint density at radius 2 is 1.64 bits per heavy atom. The van der Waals surface area contributed by atoms with E-state index in [0.29, 0.717) is 23.1 Å². The molecular formula is C33H21F4N3O6S. The van der Waals surface area contributed by atoms with Crippen molar-refractivity contribution in [3.63, 3.8) is 0 Å². The van der Waals surface area contributed by atoms with Crippen LogP contribution in [0.25, 0.3) is 11.3 Å². The number of esters is 1. The van der Waals surface area contributed by atoms with Gasteiger partial charge in [0.25, 0.3) is 0 Å². The number of hydrogen-bond donors (Lipinski definition) is 0. The number of anilines is 1. The SMILES string of the molecule is COc1ccc(-c2cc(C(F)(F)F)c(C#N)c(SC3CC(=O)N(c4ccc(C(=O)OCC(=O)c5ccc(F)cc5)cc4)C3=O)n2)cc1. The largest absolute Gasteiger partial charge is 0.497 e. The molecule has 2 heterocycles. The zero-order valence-electron chi connectivity index (χ0n) is 24.2. The number of ether oxygens (including phenoxy) is 2. The molecule has 1 unspecified atom stereocenters. The van der Waals surface area contributed by atoms with Crippen molar-refractivity contribution >= 4 is 41.0 Å². The van der Waals surface area contributed by atoms with E-state index in [1.165, 1.54) is 67.8 Å². The molecule has 0 aliphatic carbocycles. The highest BCUT2D eigenvalue weighted by atomic mass is 32.2. The first-order valence-electron chi connectivity index (χ1n) is 13.7. The maximum absolute atomic E-state index is 14.0. The first-order chi connectivity index (χ1) is 22.4. The van der Waals surface area contributed by atoms with Crippen molar-refractivity contribution in [2.24, 2.45) is 0 Å². The van der Waals surface area contributed by atoms with Gasteiger partial charge in [-0.2, -0.15) is 18.4 Å². The molecule has 1 aliphatic heterocycles. The van der Waals surface area contributed by atoms with Crippen LogP contribution >= 0.6 is 11.8 Å². The van der Waals surface area contributed by atoms with Gasteiger partial charge in [-0.3, -0.25) is 14.4 Å². The summed E-state index contributed by atoms with van der Waals surface area (Å²) in [5.41, 5.74) is -1.58. The van der Waals surface area contributed by atoms with E-state index < -0.39 is 58.5 Å². The zero-order chi connectivity index (χ0) is 33.9. The standard InChI is InChI=1S/C33H21F4N3O6S/c1-45-23-12-6-18(7-13-23)26-14-25(33(35,36)37)24(16-38)30(39-26)47-28-15-29(42)40(31(28)43)22-10-4-20(5-11-22)32(44)46-17-27(41)19-2-8-21(34)9-3-19/h2-14,28H,15,17H2,1H3. The summed E-state index contributed by atoms with van der Waals surface area (Å²) < 4.78 is 65.3. The smallest absolute Gasteiger partial charge is 0.417 e. The van der Waals surface area contributed by atoms with E-state index in [2.05, 4.69) is 4.98 Å². The van der Waals surface area contributed by atoms with Gasteiger partial charge >= 0.3 is 12.1 Å². The first-order valence-corrected chi connectivity index (χ1v) is 14.5. The molecule has 0 spiro atoms. The predicted molar refractivity (Wildman–Crippen MR) is 160 cm³/mol. The summed E-state index contributed by atoms with van der Waals surface area (Å²) in [6.07, 6.45) is -5.30. The molecule has 1 aliphatic rings. The third-order valence-corrected chi connectivity index (χ3v) is 8.18. The Morgan fingerprint density at radius 1 is 1.00 bits per heavy atom. The van der Waals surface area contributed by atoms with Crippen LogP contribution in [0.15, 0.2) is 83.9 Å². The molecule has 14 heteroatoms. The maximum atomic E-state index is 14.0. The molecule has 1 atom stereocenters. The quantitative estimate of drug-likeness (QED) is 0.0884. The van der Waals surface area contributed by atoms with Gasteiger partial charge in [-0.05, 0) is 78.9 Å². The number of Topliss-reactive ketones (excluding diaryl/α,β-unsaturated/α-hetero) is 1. The Balaban J connectivity index is 1.33. The van der Waals surface area contributed by atoms with Crippen molar-refractivity contribution in [3.8, 4) is 23.1 Å². The number of benzene rings is 3. The number of carbonyl (C=O) groups excluding carboxylic acids is 4. The van der Waals surface area contributed by atoms with E-state index in [-0.39, 0.29) is 34.0 Å². The van der Waals surface area contributed by atoms with Gasteiger partial charge in [-0.1, -0.05) is 11.8 Å². The molecule has 3 aromatic carbocycles. The number of imide groups is 1. The normalized spacial score (nSPS) is 14.6. The van der Waals surface area contributed by atoms with Crippen LogP contribution in [-0.4, -0.2) is 47.5 Å². The topological polar surface area (TPSA) is 127 Å². The number of carbonyl (C=O) groups is 4. The fraction of sp³-hybridized carbons (Fsp3) is 0.152. The lowest BCUT2D eigenvalue weighted by molar-refractivity contribution is -0.138. The van der Waals surface area contributed by atoms with E-state index >= 15 is 0 Å². The van der Waals surface area contributed by atoms with Gasteiger partial charge in [0.15, 0.2) is 12.4 Å². The van der Waals surface area contributed by atoms with Crippen molar-refractivity contribution in [1.29, 1.82) is 5.26 Å². The van der Waals surface area contributed by atoms with Gasteiger partial charge in [0.1, 0.15) is 22.7 Å². The van der Waals surface area contributed by atoms with Crippen molar-refractivity contribution in [2.45, 2.75) is 22.9 Å². The monoisotopic (exact) mass is 663 g/mol. The maximum Gasteiger partial charge on any atom is 0.417 e. The first kappa shape index (κ1) is 32.8. The van der Waals surface area contributed by atoms with Crippen molar-refractivity contribution < 1.29 is 46.2 Å². The fourth-order valence-electron chi connectivity index (χ4n) is 4.63. The molecule has 9 nitrogen and oxygen atoms in total. The van der Waals surface area contributed by atoms with Crippen LogP contribution in [0.5, 0.6) is 5.75 Å². The van der Waals surface area contributed by atoms with Crippen LogP contribution in [0.2, 0.25) is 0 Å². The lowest BCUT2D eigenvalue weighted by Crippen LogP contribution is -2.31. The van der Waals surface area contributed by atoms with Gasteiger partial charge in [-0.15, -0.1) is 0 Å². The Morgan fingerprint density at radius 3 is 2.23 bits per heavy atom. The molecule has 1 fully saturated rings. The Kier molecular flexibility index (Phi) is 9.39. The molecule has 0 N–H and O–H groups in total. The molecule has 0 saturated carbocycles. The molecule has 5 rings (SSSR count). The number of thioether (sulfide) groups is 1. The predicted octanol–water partition coefficient (Wildman–Crippen LogP) is 6.25. The molecule has 1 saturated heterocycles. The lowest BCUT2D eigenvalue weighted by Gasteiger charge is -2.17. The van der Waals surface area contributed by atoms with E-state index in [9.17, 15) is 42.0 Å². The summed E-state index contributed by atoms with van der Waals surface area (Å²) >= 11 is 0.578. The average molecular weight is 664 g/mol. The Hall–Kier alpha value is -5.55. The second-order valence-electron chi connectivity index (χ2n) is 10.0. The lowest BCUT2D eigenvalue weighted by atomic mass is 10.1. The third kappa shape index (κ3) is 7.15. The minimum Gasteiger partial charge on any atom is -0.497 e. The van der Waals surface area contributed by atoms with Gasteiger partial charge < -0.3 is 9.47 Å². The number of pyridine rings is 1. The van der Waals surface area contributed by atoms with E-state index in [1.807, 2.05) is 0 Å². The van der Waals surface area contributed by atoms with Gasteiger partial charge in [-0.25, -0.2) is 19.1 Å². The Bertz CT molecular complexity index is 1910. The molecular weight excluding hydrogens is 642 g/mol. The Labute approximate surface area is 268 Å². The van der Waals surface area contributed by atoms with Crippen LogP contribution < -0.4 is 9.64 Å². The molecule has 238 valence electrons. The van der Waals surface area contributed by atoms with Crippen LogP contribution in [0.4, 0.5) is 23.2 Å². The van der Waals surface area contributed by atoms with Gasteiger partial charge in [0.05, 0.1) is 40.4 Å². The molecule has 4 aromatic rings. The molecule has 0 bridgehead atoms. The summed E-state index contributed by atoms with van der Waals surface area (Å²) in [6, 6.07) is 18.2. The fourth-order valence-corrected chi connectivity index (χ4v) is 5.76. The second kappa shape index (κ2) is 13.4. The number of aromatic nitrogens is 1. The number of rotatable bonds is 9. The zero-order valence-corrected chi connectivity index (χ0v) is 25.0. The van der Waals surface area contributed by atoms with Crippen LogP contribution in [0.3, 0.4) is 0 Å². The summed E-state index contributed by atoms with van der Waals surface area (Å²) in [5, 5.41) is 8.11. The second-order valence-corrected chi connectivity index (χ2v) is 11.2. The minimum absolute atomic E-state index is 0.00330. The number of nitriles is 1. The van der Waals surface area contributed by atoms with Crippen LogP contribution in [0.1, 0.15) is 38.3 Å². The number of halogens is 4. The highest BCUT2D eigenvalue weighted by Crippen LogP contribution is 2.41. The van der Waals surface area contributed by atoms with Crippen LogP contribution in [-0.2, 0) is 20.5 Å². The number of methoxy groups -OCH3 is 1. The van der Waals surface area contributed by atoms with Gasteiger partial charge in [0.2, 0.25) is 11.8 Å². The summed E-state index contributed by atoms with van der Waals surface area (Å²) in [7, 11) is 1.43. The number of nitrogens with zero attached hydrogens (tertiary/aromatic N) is 3. The number of amides is 2.